The normalized spacial score (nSPS) is 20.0. The molecule has 0 amide bonds. The van der Waals surface area contributed by atoms with Gasteiger partial charge in [0, 0.05) is 13.1 Å². The van der Waals surface area contributed by atoms with Crippen LogP contribution in [0.25, 0.3) is 11.0 Å². The highest BCUT2D eigenvalue weighted by atomic mass is 16.3. The van der Waals surface area contributed by atoms with Gasteiger partial charge in [-0.3, -0.25) is 9.78 Å². The minimum atomic E-state index is -0.358. The number of aromatic nitrogens is 4. The molecule has 1 atom stereocenters. The SMILES string of the molecule is CC(C)(C)n1ncc2c(=O)[nH]c(N3CC[C@H](O)C3)nc21. The maximum atomic E-state index is 12.1. The Morgan fingerprint density at radius 2 is 2.20 bits per heavy atom. The molecule has 1 fully saturated rings. The molecule has 0 aliphatic carbocycles. The van der Waals surface area contributed by atoms with E-state index < -0.39 is 0 Å². The second-order valence-electron chi connectivity index (χ2n) is 6.24. The van der Waals surface area contributed by atoms with E-state index in [4.69, 9.17) is 0 Å². The molecule has 3 heterocycles. The number of aliphatic hydroxyl groups excluding tert-OH is 1. The average Bonchev–Trinajstić information content (AvgIpc) is 2.94. The van der Waals surface area contributed by atoms with E-state index in [0.717, 1.165) is 0 Å². The quantitative estimate of drug-likeness (QED) is 0.790. The highest BCUT2D eigenvalue weighted by Gasteiger charge is 2.25. The van der Waals surface area contributed by atoms with Crippen LogP contribution in [0, 0.1) is 0 Å². The summed E-state index contributed by atoms with van der Waals surface area (Å²) < 4.78 is 1.76. The lowest BCUT2D eigenvalue weighted by Gasteiger charge is -2.21. The van der Waals surface area contributed by atoms with Crippen molar-refractivity contribution < 1.29 is 5.11 Å². The Kier molecular flexibility index (Phi) is 2.82. The average molecular weight is 277 g/mol. The van der Waals surface area contributed by atoms with Gasteiger partial charge in [-0.1, -0.05) is 0 Å². The van der Waals surface area contributed by atoms with E-state index in [1.807, 2.05) is 25.7 Å². The Morgan fingerprint density at radius 1 is 1.45 bits per heavy atom. The molecule has 1 aliphatic heterocycles. The van der Waals surface area contributed by atoms with Crippen LogP contribution in [-0.2, 0) is 5.54 Å². The number of fused-ring (bicyclic) bond motifs is 1. The number of nitrogens with one attached hydrogen (secondary N) is 1. The van der Waals surface area contributed by atoms with Gasteiger partial charge in [-0.25, -0.2) is 4.68 Å². The highest BCUT2D eigenvalue weighted by Crippen LogP contribution is 2.21. The van der Waals surface area contributed by atoms with E-state index >= 15 is 0 Å². The number of rotatable bonds is 1. The standard InChI is InChI=1S/C13H19N5O2/c1-13(2,3)18-10-9(6-14-18)11(20)16-12(15-10)17-5-4-8(19)7-17/h6,8,19H,4-5,7H2,1-3H3,(H,15,16,20)/t8-/m0/s1. The summed E-state index contributed by atoms with van der Waals surface area (Å²) in [5.41, 5.74) is 0.143. The molecule has 2 aromatic heterocycles. The number of β-amino-alcohol motifs (C(OH)–C–C–N with tert-alkyl or cyclic N) is 1. The number of aliphatic hydroxyl groups is 1. The van der Waals surface area contributed by atoms with Crippen molar-refractivity contribution in [1.82, 2.24) is 19.7 Å². The van der Waals surface area contributed by atoms with Gasteiger partial charge in [-0.2, -0.15) is 10.1 Å². The fraction of sp³-hybridized carbons (Fsp3) is 0.615. The van der Waals surface area contributed by atoms with Crippen molar-refractivity contribution in [1.29, 1.82) is 0 Å². The molecule has 1 aliphatic rings. The molecule has 2 aromatic rings. The summed E-state index contributed by atoms with van der Waals surface area (Å²) in [5.74, 6) is 0.505. The first kappa shape index (κ1) is 13.1. The monoisotopic (exact) mass is 277 g/mol. The molecule has 0 aromatic carbocycles. The molecule has 0 saturated carbocycles. The smallest absolute Gasteiger partial charge is 0.263 e. The zero-order valence-electron chi connectivity index (χ0n) is 11.9. The number of aromatic amines is 1. The molecule has 0 radical (unpaired) electrons. The minimum Gasteiger partial charge on any atom is -0.391 e. The van der Waals surface area contributed by atoms with Crippen molar-refractivity contribution in [2.75, 3.05) is 18.0 Å². The number of hydrogen-bond donors (Lipinski definition) is 2. The lowest BCUT2D eigenvalue weighted by atomic mass is 10.1. The lowest BCUT2D eigenvalue weighted by molar-refractivity contribution is 0.198. The summed E-state index contributed by atoms with van der Waals surface area (Å²) in [6.45, 7) is 7.24. The van der Waals surface area contributed by atoms with Crippen molar-refractivity contribution in [3.05, 3.63) is 16.6 Å². The van der Waals surface area contributed by atoms with Gasteiger partial charge >= 0.3 is 0 Å². The van der Waals surface area contributed by atoms with E-state index in [1.54, 1.807) is 10.9 Å². The van der Waals surface area contributed by atoms with Crippen LogP contribution in [0.15, 0.2) is 11.0 Å². The van der Waals surface area contributed by atoms with Crippen LogP contribution in [0.4, 0.5) is 5.95 Å². The fourth-order valence-electron chi connectivity index (χ4n) is 2.48. The first-order valence-electron chi connectivity index (χ1n) is 6.78. The third kappa shape index (κ3) is 2.07. The maximum Gasteiger partial charge on any atom is 0.263 e. The Morgan fingerprint density at radius 3 is 2.80 bits per heavy atom. The van der Waals surface area contributed by atoms with Gasteiger partial charge in [0.25, 0.3) is 5.56 Å². The van der Waals surface area contributed by atoms with Crippen molar-refractivity contribution in [3.63, 3.8) is 0 Å². The van der Waals surface area contributed by atoms with Crippen LogP contribution in [0.5, 0.6) is 0 Å². The lowest BCUT2D eigenvalue weighted by Crippen LogP contribution is -2.28. The topological polar surface area (TPSA) is 87.0 Å². The van der Waals surface area contributed by atoms with Gasteiger partial charge in [0.05, 0.1) is 17.8 Å². The van der Waals surface area contributed by atoms with Gasteiger partial charge in [-0.15, -0.1) is 0 Å². The van der Waals surface area contributed by atoms with Crippen LogP contribution < -0.4 is 10.5 Å². The van der Waals surface area contributed by atoms with Crippen molar-refractivity contribution >= 4 is 17.0 Å². The van der Waals surface area contributed by atoms with E-state index in [9.17, 15) is 9.90 Å². The third-order valence-electron chi connectivity index (χ3n) is 3.52. The first-order valence-corrected chi connectivity index (χ1v) is 6.78. The van der Waals surface area contributed by atoms with E-state index in [-0.39, 0.29) is 17.2 Å². The maximum absolute atomic E-state index is 12.1. The molecular weight excluding hydrogens is 258 g/mol. The van der Waals surface area contributed by atoms with Crippen LogP contribution in [-0.4, -0.2) is 44.0 Å². The molecule has 0 unspecified atom stereocenters. The molecule has 0 bridgehead atoms. The van der Waals surface area contributed by atoms with Gasteiger partial charge < -0.3 is 10.0 Å². The summed E-state index contributed by atoms with van der Waals surface area (Å²) in [7, 11) is 0. The molecule has 7 nitrogen and oxygen atoms in total. The van der Waals surface area contributed by atoms with Crippen LogP contribution in [0.2, 0.25) is 0 Å². The summed E-state index contributed by atoms with van der Waals surface area (Å²) in [5, 5.41) is 14.4. The van der Waals surface area contributed by atoms with Gasteiger partial charge in [-0.05, 0) is 27.2 Å². The zero-order valence-corrected chi connectivity index (χ0v) is 11.9. The Hall–Kier alpha value is -1.89. The number of nitrogens with zero attached hydrogens (tertiary/aromatic N) is 4. The number of anilines is 1. The summed E-state index contributed by atoms with van der Waals surface area (Å²) >= 11 is 0. The summed E-state index contributed by atoms with van der Waals surface area (Å²) in [4.78, 5) is 21.3. The van der Waals surface area contributed by atoms with Crippen LogP contribution in [0.1, 0.15) is 27.2 Å². The first-order chi connectivity index (χ1) is 9.36. The third-order valence-corrected chi connectivity index (χ3v) is 3.52. The van der Waals surface area contributed by atoms with Crippen LogP contribution in [0.3, 0.4) is 0 Å². The molecule has 108 valence electrons. The molecule has 7 heteroatoms. The largest absolute Gasteiger partial charge is 0.391 e. The molecule has 20 heavy (non-hydrogen) atoms. The van der Waals surface area contributed by atoms with Gasteiger partial charge in [0.2, 0.25) is 5.95 Å². The highest BCUT2D eigenvalue weighted by molar-refractivity contribution is 5.74. The predicted octanol–water partition coefficient (Wildman–Crippen LogP) is 0.446. The summed E-state index contributed by atoms with van der Waals surface area (Å²) in [6.07, 6.45) is 1.89. The van der Waals surface area contributed by atoms with E-state index in [1.165, 1.54) is 0 Å². The number of H-pyrrole nitrogens is 1. The Balaban J connectivity index is 2.14. The van der Waals surface area contributed by atoms with Crippen molar-refractivity contribution in [2.24, 2.45) is 0 Å². The molecule has 0 spiro atoms. The van der Waals surface area contributed by atoms with Crippen molar-refractivity contribution in [3.8, 4) is 0 Å². The Labute approximate surface area is 116 Å². The van der Waals surface area contributed by atoms with Crippen molar-refractivity contribution in [2.45, 2.75) is 38.8 Å². The predicted molar refractivity (Wildman–Crippen MR) is 76.0 cm³/mol. The molecular formula is C13H19N5O2. The molecule has 3 rings (SSSR count). The second kappa shape index (κ2) is 4.31. The van der Waals surface area contributed by atoms with Crippen LogP contribution >= 0.6 is 0 Å². The fourth-order valence-corrected chi connectivity index (χ4v) is 2.48. The van der Waals surface area contributed by atoms with Gasteiger partial charge in [0.15, 0.2) is 5.65 Å². The second-order valence-corrected chi connectivity index (χ2v) is 6.24. The van der Waals surface area contributed by atoms with E-state index in [0.29, 0.717) is 36.5 Å². The molecule has 1 saturated heterocycles. The molecule has 2 N–H and O–H groups in total. The number of hydrogen-bond acceptors (Lipinski definition) is 5. The zero-order chi connectivity index (χ0) is 14.5. The van der Waals surface area contributed by atoms with E-state index in [2.05, 4.69) is 15.1 Å². The minimum absolute atomic E-state index is 0.193. The Bertz CT molecular complexity index is 697. The van der Waals surface area contributed by atoms with Gasteiger partial charge in [0.1, 0.15) is 5.39 Å². The summed E-state index contributed by atoms with van der Waals surface area (Å²) in [6, 6.07) is 0.